The van der Waals surface area contributed by atoms with Gasteiger partial charge < -0.3 is 5.32 Å². The molecule has 1 saturated heterocycles. The molecule has 0 aliphatic carbocycles. The average molecular weight is 379 g/mol. The van der Waals surface area contributed by atoms with Crippen LogP contribution in [0.3, 0.4) is 0 Å². The Kier molecular flexibility index (Phi) is 5.32. The van der Waals surface area contributed by atoms with E-state index in [0.29, 0.717) is 5.69 Å². The second-order valence-electron chi connectivity index (χ2n) is 7.11. The molecule has 0 bridgehead atoms. The summed E-state index contributed by atoms with van der Waals surface area (Å²) < 4.78 is 14.2. The van der Waals surface area contributed by atoms with Crippen molar-refractivity contribution in [2.45, 2.75) is 13.0 Å². The van der Waals surface area contributed by atoms with E-state index in [1.165, 1.54) is 5.56 Å². The van der Waals surface area contributed by atoms with Crippen LogP contribution in [-0.4, -0.2) is 42.8 Å². The molecule has 2 aromatic rings. The molecule has 2 aromatic carbocycles. The Hall–Kier alpha value is -2.83. The molecule has 6 heteroatoms. The molecule has 2 aliphatic rings. The number of halogens is 1. The van der Waals surface area contributed by atoms with Crippen LogP contribution in [0.25, 0.3) is 11.1 Å². The molecule has 5 nitrogen and oxygen atoms in total. The molecule has 0 saturated carbocycles. The molecule has 0 radical (unpaired) electrons. The van der Waals surface area contributed by atoms with Gasteiger partial charge in [-0.25, -0.2) is 0 Å². The lowest BCUT2D eigenvalue weighted by Crippen LogP contribution is -2.42. The third kappa shape index (κ3) is 4.03. The van der Waals surface area contributed by atoms with E-state index in [0.717, 1.165) is 54.8 Å². The number of hydrogen-bond donors (Lipinski definition) is 1. The molecule has 1 fully saturated rings. The van der Waals surface area contributed by atoms with E-state index in [4.69, 9.17) is 0 Å². The Morgan fingerprint density at radius 1 is 0.964 bits per heavy atom. The molecule has 2 heterocycles. The summed E-state index contributed by atoms with van der Waals surface area (Å²) in [5.74, 6) is -1.88. The number of anilines is 1. The van der Waals surface area contributed by atoms with Crippen LogP contribution in [0.2, 0.25) is 0 Å². The molecule has 1 N–H and O–H groups in total. The number of rotatable bonds is 4. The van der Waals surface area contributed by atoms with E-state index in [-0.39, 0.29) is 6.42 Å². The van der Waals surface area contributed by atoms with Crippen molar-refractivity contribution in [3.63, 3.8) is 0 Å². The molecule has 2 aliphatic heterocycles. The third-order valence-electron chi connectivity index (χ3n) is 5.08. The highest BCUT2D eigenvalue weighted by molar-refractivity contribution is 6.14. The number of carbonyl (C=O) groups excluding carboxylic acids is 2. The highest BCUT2D eigenvalue weighted by atomic mass is 19.1. The lowest BCUT2D eigenvalue weighted by molar-refractivity contribution is -0.125. The number of nitrogens with one attached hydrogen (secondary N) is 1. The van der Waals surface area contributed by atoms with Crippen LogP contribution in [0.1, 0.15) is 12.0 Å². The minimum absolute atomic E-state index is 0.307. The van der Waals surface area contributed by atoms with Crippen LogP contribution < -0.4 is 10.2 Å². The van der Waals surface area contributed by atoms with Gasteiger partial charge in [0.15, 0.2) is 5.78 Å². The van der Waals surface area contributed by atoms with Gasteiger partial charge in [-0.1, -0.05) is 36.4 Å². The first-order chi connectivity index (χ1) is 13.6. The number of allylic oxidation sites excluding steroid dienone is 1. The van der Waals surface area contributed by atoms with Gasteiger partial charge in [0, 0.05) is 38.8 Å². The van der Waals surface area contributed by atoms with Gasteiger partial charge >= 0.3 is 0 Å². The highest BCUT2D eigenvalue weighted by Gasteiger charge is 2.27. The van der Waals surface area contributed by atoms with Crippen LogP contribution in [0.5, 0.6) is 0 Å². The summed E-state index contributed by atoms with van der Waals surface area (Å²) in [7, 11) is 0. The summed E-state index contributed by atoms with van der Waals surface area (Å²) in [6, 6.07) is 15.5. The fourth-order valence-electron chi connectivity index (χ4n) is 3.62. The minimum atomic E-state index is -0.829. The molecule has 1 amide bonds. The molecule has 0 spiro atoms. The maximum atomic E-state index is 14.2. The van der Waals surface area contributed by atoms with Gasteiger partial charge in [-0.15, -0.1) is 0 Å². The molecule has 144 valence electrons. The van der Waals surface area contributed by atoms with Crippen molar-refractivity contribution >= 4 is 17.4 Å². The summed E-state index contributed by atoms with van der Waals surface area (Å²) in [5, 5.41) is 3.35. The number of ketones is 1. The Balaban J connectivity index is 1.53. The van der Waals surface area contributed by atoms with Gasteiger partial charge in [-0.05, 0) is 28.8 Å². The van der Waals surface area contributed by atoms with E-state index in [9.17, 15) is 14.0 Å². The molecule has 0 unspecified atom stereocenters. The monoisotopic (exact) mass is 379 g/mol. The number of nitrogens with zero attached hydrogens (tertiary/aromatic N) is 2. The van der Waals surface area contributed by atoms with Crippen molar-refractivity contribution in [3.05, 3.63) is 66.1 Å². The van der Waals surface area contributed by atoms with E-state index in [1.807, 2.05) is 18.2 Å². The number of amides is 1. The smallest absolute Gasteiger partial charge is 0.241 e. The molecular formula is C22H22FN3O2. The van der Waals surface area contributed by atoms with Gasteiger partial charge in [-0.2, -0.15) is 4.39 Å². The number of piperazine rings is 1. The summed E-state index contributed by atoms with van der Waals surface area (Å²) in [4.78, 5) is 26.8. The van der Waals surface area contributed by atoms with Crippen LogP contribution in [0.4, 0.5) is 10.1 Å². The lowest BCUT2D eigenvalue weighted by atomic mass is 10.0. The summed E-state index contributed by atoms with van der Waals surface area (Å²) in [6.07, 6.45) is 0.567. The summed E-state index contributed by atoms with van der Waals surface area (Å²) in [6.45, 7) is 5.08. The number of hydrogen-bond acceptors (Lipinski definition) is 4. The topological polar surface area (TPSA) is 52.7 Å². The molecule has 4 rings (SSSR count). The van der Waals surface area contributed by atoms with Crippen molar-refractivity contribution in [1.29, 1.82) is 0 Å². The molecule has 0 aromatic heterocycles. The predicted molar refractivity (Wildman–Crippen MR) is 106 cm³/mol. The largest absolute Gasteiger partial charge is 0.314 e. The predicted octanol–water partition coefficient (Wildman–Crippen LogP) is 2.88. The highest BCUT2D eigenvalue weighted by Crippen LogP contribution is 2.29. The number of benzene rings is 2. The SMILES string of the molecule is O=C1C=C(F)N(c2cccc(-c3ccc(CN4CCNCC4)cc3)c2)C(=O)C1. The zero-order valence-corrected chi connectivity index (χ0v) is 15.5. The molecular weight excluding hydrogens is 357 g/mol. The second kappa shape index (κ2) is 8.04. The Labute approximate surface area is 163 Å². The summed E-state index contributed by atoms with van der Waals surface area (Å²) in [5.41, 5.74) is 3.56. The van der Waals surface area contributed by atoms with Crippen LogP contribution in [0.15, 0.2) is 60.6 Å². The minimum Gasteiger partial charge on any atom is -0.314 e. The fourth-order valence-corrected chi connectivity index (χ4v) is 3.62. The maximum Gasteiger partial charge on any atom is 0.241 e. The second-order valence-corrected chi connectivity index (χ2v) is 7.11. The maximum absolute atomic E-state index is 14.2. The van der Waals surface area contributed by atoms with Crippen molar-refractivity contribution in [2.75, 3.05) is 31.1 Å². The average Bonchev–Trinajstić information content (AvgIpc) is 2.69. The van der Waals surface area contributed by atoms with Gasteiger partial charge in [0.05, 0.1) is 12.1 Å². The standard InChI is InChI=1S/C22H22FN3O2/c23-21-13-20(27)14-22(28)26(21)19-3-1-2-18(12-19)17-6-4-16(5-7-17)15-25-10-8-24-9-11-25/h1-7,12-13,24H,8-11,14-15H2. The number of carbonyl (C=O) groups is 2. The zero-order valence-electron chi connectivity index (χ0n) is 15.5. The first-order valence-electron chi connectivity index (χ1n) is 9.45. The lowest BCUT2D eigenvalue weighted by Gasteiger charge is -2.27. The summed E-state index contributed by atoms with van der Waals surface area (Å²) >= 11 is 0. The first kappa shape index (κ1) is 18.5. The van der Waals surface area contributed by atoms with E-state index >= 15 is 0 Å². The van der Waals surface area contributed by atoms with Gasteiger partial charge in [0.2, 0.25) is 11.9 Å². The fraction of sp³-hybridized carbons (Fsp3) is 0.273. The first-order valence-corrected chi connectivity index (χ1v) is 9.45. The quantitative estimate of drug-likeness (QED) is 0.656. The zero-order chi connectivity index (χ0) is 19.5. The molecule has 0 atom stereocenters. The van der Waals surface area contributed by atoms with Gasteiger partial charge in [-0.3, -0.25) is 19.4 Å². The third-order valence-corrected chi connectivity index (χ3v) is 5.08. The van der Waals surface area contributed by atoms with E-state index < -0.39 is 17.6 Å². The van der Waals surface area contributed by atoms with Crippen molar-refractivity contribution < 1.29 is 14.0 Å². The van der Waals surface area contributed by atoms with E-state index in [1.54, 1.807) is 18.2 Å². The van der Waals surface area contributed by atoms with Crippen molar-refractivity contribution in [2.24, 2.45) is 0 Å². The van der Waals surface area contributed by atoms with Gasteiger partial charge in [0.1, 0.15) is 0 Å². The van der Waals surface area contributed by atoms with Crippen LogP contribution in [0, 0.1) is 0 Å². The van der Waals surface area contributed by atoms with Crippen molar-refractivity contribution in [1.82, 2.24) is 10.2 Å². The van der Waals surface area contributed by atoms with Crippen molar-refractivity contribution in [3.8, 4) is 11.1 Å². The van der Waals surface area contributed by atoms with Gasteiger partial charge in [0.25, 0.3) is 0 Å². The Morgan fingerprint density at radius 3 is 2.43 bits per heavy atom. The normalized spacial score (nSPS) is 18.3. The Bertz CT molecular complexity index is 918. The Morgan fingerprint density at radius 2 is 1.71 bits per heavy atom. The molecule has 28 heavy (non-hydrogen) atoms. The van der Waals surface area contributed by atoms with Crippen LogP contribution in [-0.2, 0) is 16.1 Å². The van der Waals surface area contributed by atoms with E-state index in [2.05, 4.69) is 22.3 Å². The van der Waals surface area contributed by atoms with Crippen LogP contribution >= 0.6 is 0 Å².